The van der Waals surface area contributed by atoms with Crippen molar-refractivity contribution in [3.8, 4) is 0 Å². The van der Waals surface area contributed by atoms with Gasteiger partial charge in [-0.05, 0) is 42.2 Å². The van der Waals surface area contributed by atoms with E-state index in [9.17, 15) is 13.2 Å². The normalized spacial score (nSPS) is 18.9. The Hall–Kier alpha value is -1.74. The van der Waals surface area contributed by atoms with E-state index in [0.29, 0.717) is 31.9 Å². The Bertz CT molecular complexity index is 998. The minimum absolute atomic E-state index is 0.0570. The molecule has 1 aliphatic heterocycles. The van der Waals surface area contributed by atoms with E-state index in [0.717, 1.165) is 22.9 Å². The minimum atomic E-state index is -3.62. The summed E-state index contributed by atoms with van der Waals surface area (Å²) in [5.74, 6) is -0.0570. The molecule has 1 saturated carbocycles. The number of benzene rings is 2. The average Bonchev–Trinajstić information content (AvgIpc) is 3.55. The van der Waals surface area contributed by atoms with Gasteiger partial charge in [-0.3, -0.25) is 4.79 Å². The molecule has 1 N–H and O–H groups in total. The number of rotatable bonds is 6. The number of amides is 1. The van der Waals surface area contributed by atoms with Crippen LogP contribution < -0.4 is 5.32 Å². The maximum absolute atomic E-state index is 13.1. The summed E-state index contributed by atoms with van der Waals surface area (Å²) >= 11 is 3.42. The molecule has 154 valence electrons. The van der Waals surface area contributed by atoms with E-state index in [1.165, 1.54) is 4.31 Å². The van der Waals surface area contributed by atoms with Crippen LogP contribution in [0.5, 0.6) is 0 Å². The molecule has 4 rings (SSSR count). The molecule has 2 aromatic carbocycles. The highest BCUT2D eigenvalue weighted by atomic mass is 79.9. The molecule has 0 aromatic heterocycles. The van der Waals surface area contributed by atoms with Gasteiger partial charge in [0.25, 0.3) is 0 Å². The SMILES string of the molecule is O=C(NCc1ccccc1S(=O)(=O)N1CCOCC1)C1(c2ccc(Br)cc2)CC1. The van der Waals surface area contributed by atoms with Crippen molar-refractivity contribution in [2.45, 2.75) is 29.7 Å². The van der Waals surface area contributed by atoms with Gasteiger partial charge in [0.15, 0.2) is 0 Å². The van der Waals surface area contributed by atoms with Gasteiger partial charge in [-0.15, -0.1) is 0 Å². The maximum atomic E-state index is 13.1. The standard InChI is InChI=1S/C21H23BrN2O4S/c22-18-7-5-17(6-8-18)21(9-10-21)20(25)23-15-16-3-1-2-4-19(16)29(26,27)24-11-13-28-14-12-24/h1-8H,9-15H2,(H,23,25). The van der Waals surface area contributed by atoms with Crippen LogP contribution >= 0.6 is 15.9 Å². The number of sulfonamides is 1. The molecular weight excluding hydrogens is 456 g/mol. The van der Waals surface area contributed by atoms with Gasteiger partial charge in [-0.25, -0.2) is 8.42 Å². The Labute approximate surface area is 179 Å². The summed E-state index contributed by atoms with van der Waals surface area (Å²) in [7, 11) is -3.62. The zero-order valence-corrected chi connectivity index (χ0v) is 18.3. The molecule has 1 amide bonds. The zero-order valence-electron chi connectivity index (χ0n) is 15.9. The lowest BCUT2D eigenvalue weighted by Gasteiger charge is -2.27. The van der Waals surface area contributed by atoms with E-state index >= 15 is 0 Å². The van der Waals surface area contributed by atoms with Crippen LogP contribution in [0.3, 0.4) is 0 Å². The molecule has 1 saturated heterocycles. The van der Waals surface area contributed by atoms with E-state index in [1.54, 1.807) is 24.3 Å². The van der Waals surface area contributed by atoms with Crippen molar-refractivity contribution in [3.05, 3.63) is 64.1 Å². The number of morpholine rings is 1. The third kappa shape index (κ3) is 4.12. The predicted molar refractivity (Wildman–Crippen MR) is 113 cm³/mol. The largest absolute Gasteiger partial charge is 0.379 e. The van der Waals surface area contributed by atoms with Gasteiger partial charge < -0.3 is 10.1 Å². The number of nitrogens with one attached hydrogen (secondary N) is 1. The summed E-state index contributed by atoms with van der Waals surface area (Å²) < 4.78 is 33.8. The molecule has 0 radical (unpaired) electrons. The molecule has 6 nitrogen and oxygen atoms in total. The minimum Gasteiger partial charge on any atom is -0.379 e. The summed E-state index contributed by atoms with van der Waals surface area (Å²) in [4.78, 5) is 13.2. The second-order valence-corrected chi connectivity index (χ2v) is 10.2. The fraction of sp³-hybridized carbons (Fsp3) is 0.381. The first-order valence-electron chi connectivity index (χ1n) is 9.64. The number of carbonyl (C=O) groups excluding carboxylic acids is 1. The maximum Gasteiger partial charge on any atom is 0.243 e. The number of hydrogen-bond acceptors (Lipinski definition) is 4. The number of ether oxygens (including phenoxy) is 1. The molecule has 29 heavy (non-hydrogen) atoms. The number of carbonyl (C=O) groups is 1. The van der Waals surface area contributed by atoms with Crippen LogP contribution in [-0.4, -0.2) is 44.9 Å². The highest BCUT2D eigenvalue weighted by Gasteiger charge is 2.51. The molecule has 0 unspecified atom stereocenters. The highest BCUT2D eigenvalue weighted by Crippen LogP contribution is 2.48. The first kappa shape index (κ1) is 20.5. The first-order chi connectivity index (χ1) is 13.9. The molecule has 8 heteroatoms. The van der Waals surface area contributed by atoms with E-state index in [-0.39, 0.29) is 17.3 Å². The van der Waals surface area contributed by atoms with E-state index in [4.69, 9.17) is 4.74 Å². The van der Waals surface area contributed by atoms with Crippen molar-refractivity contribution < 1.29 is 17.9 Å². The van der Waals surface area contributed by atoms with E-state index in [1.807, 2.05) is 24.3 Å². The average molecular weight is 479 g/mol. The Morgan fingerprint density at radius 2 is 1.72 bits per heavy atom. The zero-order chi connectivity index (χ0) is 20.5. The van der Waals surface area contributed by atoms with Gasteiger partial charge in [0.2, 0.25) is 15.9 Å². The van der Waals surface area contributed by atoms with Crippen molar-refractivity contribution in [1.29, 1.82) is 0 Å². The molecule has 0 spiro atoms. The van der Waals surface area contributed by atoms with Gasteiger partial charge in [-0.1, -0.05) is 46.3 Å². The third-order valence-corrected chi connectivity index (χ3v) is 8.11. The molecule has 1 aliphatic carbocycles. The quantitative estimate of drug-likeness (QED) is 0.692. The Morgan fingerprint density at radius 3 is 2.38 bits per heavy atom. The lowest BCUT2D eigenvalue weighted by molar-refractivity contribution is -0.123. The van der Waals surface area contributed by atoms with E-state index < -0.39 is 15.4 Å². The fourth-order valence-electron chi connectivity index (χ4n) is 3.71. The topological polar surface area (TPSA) is 75.7 Å². The summed E-state index contributed by atoms with van der Waals surface area (Å²) in [6.45, 7) is 1.66. The smallest absolute Gasteiger partial charge is 0.243 e. The number of halogens is 1. The van der Waals surface area contributed by atoms with Crippen molar-refractivity contribution >= 4 is 31.9 Å². The second kappa shape index (κ2) is 8.18. The Morgan fingerprint density at radius 1 is 1.07 bits per heavy atom. The lowest BCUT2D eigenvalue weighted by Crippen LogP contribution is -2.41. The van der Waals surface area contributed by atoms with Crippen LogP contribution in [0.25, 0.3) is 0 Å². The van der Waals surface area contributed by atoms with Gasteiger partial charge >= 0.3 is 0 Å². The molecule has 1 heterocycles. The van der Waals surface area contributed by atoms with Gasteiger partial charge in [0.05, 0.1) is 23.5 Å². The van der Waals surface area contributed by atoms with Gasteiger partial charge in [-0.2, -0.15) is 4.31 Å². The van der Waals surface area contributed by atoms with Crippen LogP contribution in [0, 0.1) is 0 Å². The van der Waals surface area contributed by atoms with Crippen LogP contribution in [0.15, 0.2) is 57.9 Å². The lowest BCUT2D eigenvalue weighted by atomic mass is 9.95. The highest BCUT2D eigenvalue weighted by molar-refractivity contribution is 9.10. The van der Waals surface area contributed by atoms with Crippen molar-refractivity contribution in [2.24, 2.45) is 0 Å². The number of hydrogen-bond donors (Lipinski definition) is 1. The molecule has 2 fully saturated rings. The summed E-state index contributed by atoms with van der Waals surface area (Å²) in [6, 6.07) is 14.7. The Kier molecular flexibility index (Phi) is 5.79. The summed E-state index contributed by atoms with van der Waals surface area (Å²) in [5, 5.41) is 2.97. The fourth-order valence-corrected chi connectivity index (χ4v) is 5.61. The monoisotopic (exact) mass is 478 g/mol. The Balaban J connectivity index is 1.51. The summed E-state index contributed by atoms with van der Waals surface area (Å²) in [5.41, 5.74) is 1.09. The van der Waals surface area contributed by atoms with Gasteiger partial charge in [0.1, 0.15) is 0 Å². The second-order valence-electron chi connectivity index (χ2n) is 7.40. The van der Waals surface area contributed by atoms with Gasteiger partial charge in [0, 0.05) is 24.1 Å². The molecular formula is C21H23BrN2O4S. The van der Waals surface area contributed by atoms with Crippen LogP contribution in [-0.2, 0) is 31.5 Å². The molecule has 0 atom stereocenters. The van der Waals surface area contributed by atoms with Crippen LogP contribution in [0.1, 0.15) is 24.0 Å². The van der Waals surface area contributed by atoms with Crippen molar-refractivity contribution in [1.82, 2.24) is 9.62 Å². The van der Waals surface area contributed by atoms with E-state index in [2.05, 4.69) is 21.2 Å². The molecule has 2 aliphatic rings. The molecule has 0 bridgehead atoms. The van der Waals surface area contributed by atoms with Crippen LogP contribution in [0.4, 0.5) is 0 Å². The number of nitrogens with zero attached hydrogens (tertiary/aromatic N) is 1. The van der Waals surface area contributed by atoms with Crippen molar-refractivity contribution in [3.63, 3.8) is 0 Å². The first-order valence-corrected chi connectivity index (χ1v) is 11.9. The third-order valence-electron chi connectivity index (χ3n) is 5.58. The van der Waals surface area contributed by atoms with Crippen LogP contribution in [0.2, 0.25) is 0 Å². The molecule has 2 aromatic rings. The summed E-state index contributed by atoms with van der Waals surface area (Å²) in [6.07, 6.45) is 1.60. The van der Waals surface area contributed by atoms with Crippen molar-refractivity contribution in [2.75, 3.05) is 26.3 Å². The predicted octanol–water partition coefficient (Wildman–Crippen LogP) is 2.82.